The first-order chi connectivity index (χ1) is 12.2. The number of aliphatic hydroxyl groups excluding tert-OH is 1. The predicted molar refractivity (Wildman–Crippen MR) is 92.2 cm³/mol. The molecule has 2 amide bonds. The van der Waals surface area contributed by atoms with Gasteiger partial charge in [-0.15, -0.1) is 5.10 Å². The Kier molecular flexibility index (Phi) is 6.25. The van der Waals surface area contributed by atoms with Crippen LogP contribution in [-0.4, -0.2) is 57.5 Å². The summed E-state index contributed by atoms with van der Waals surface area (Å²) in [6.07, 6.45) is 7.59. The maximum atomic E-state index is 11.8. The van der Waals surface area contributed by atoms with Gasteiger partial charge in [0.05, 0.1) is 24.4 Å². The average molecular weight is 351 g/mol. The van der Waals surface area contributed by atoms with Crippen molar-refractivity contribution in [2.75, 3.05) is 13.2 Å². The minimum Gasteiger partial charge on any atom is -0.394 e. The van der Waals surface area contributed by atoms with Crippen LogP contribution in [0.5, 0.6) is 0 Å². The molecular weight excluding hydrogens is 322 g/mol. The third-order valence-corrected chi connectivity index (χ3v) is 4.88. The van der Waals surface area contributed by atoms with Crippen molar-refractivity contribution in [3.63, 3.8) is 0 Å². The number of amides is 2. The number of rotatable bonds is 8. The quantitative estimate of drug-likeness (QED) is 0.652. The standard InChI is InChI=1S/C17H29N5O3/c1-2-8-18-17(24)19-14-6-5-13(25-16(14)11-23)7-9-22-10-15(20-21-22)12-3-4-12/h10,12-14,16,23H,2-9,11H2,1H3,(H2,18,19,24)/t13-,14-,16-/m1/s1. The Bertz CT molecular complexity index is 560. The van der Waals surface area contributed by atoms with E-state index in [4.69, 9.17) is 4.74 Å². The summed E-state index contributed by atoms with van der Waals surface area (Å²) in [5.41, 5.74) is 1.10. The molecule has 8 heteroatoms. The molecule has 3 N–H and O–H groups in total. The molecule has 1 saturated heterocycles. The second kappa shape index (κ2) is 8.62. The first-order valence-corrected chi connectivity index (χ1v) is 9.40. The Hall–Kier alpha value is -1.67. The highest BCUT2D eigenvalue weighted by atomic mass is 16.5. The number of carbonyl (C=O) groups is 1. The highest BCUT2D eigenvalue weighted by molar-refractivity contribution is 5.74. The van der Waals surface area contributed by atoms with Gasteiger partial charge in [-0.2, -0.15) is 0 Å². The second-order valence-electron chi connectivity index (χ2n) is 7.03. The average Bonchev–Trinajstić information content (AvgIpc) is 3.37. The van der Waals surface area contributed by atoms with Crippen molar-refractivity contribution >= 4 is 6.03 Å². The summed E-state index contributed by atoms with van der Waals surface area (Å²) in [6, 6.07) is -0.339. The zero-order chi connectivity index (χ0) is 17.6. The fourth-order valence-corrected chi connectivity index (χ4v) is 3.23. The van der Waals surface area contributed by atoms with Crippen molar-refractivity contribution in [1.82, 2.24) is 25.6 Å². The molecule has 25 heavy (non-hydrogen) atoms. The zero-order valence-electron chi connectivity index (χ0n) is 14.9. The first kappa shape index (κ1) is 18.1. The minimum absolute atomic E-state index is 0.0717. The van der Waals surface area contributed by atoms with Crippen molar-refractivity contribution in [3.8, 4) is 0 Å². The van der Waals surface area contributed by atoms with Crippen LogP contribution in [0.15, 0.2) is 6.20 Å². The highest BCUT2D eigenvalue weighted by Gasteiger charge is 2.32. The van der Waals surface area contributed by atoms with Gasteiger partial charge in [-0.1, -0.05) is 12.1 Å². The van der Waals surface area contributed by atoms with Crippen molar-refractivity contribution in [2.24, 2.45) is 0 Å². The van der Waals surface area contributed by atoms with Crippen molar-refractivity contribution in [2.45, 2.75) is 76.2 Å². The van der Waals surface area contributed by atoms with Gasteiger partial charge in [0.1, 0.15) is 6.10 Å². The van der Waals surface area contributed by atoms with E-state index in [0.717, 1.165) is 37.9 Å². The number of aliphatic hydroxyl groups is 1. The van der Waals surface area contributed by atoms with Crippen LogP contribution in [0.3, 0.4) is 0 Å². The Morgan fingerprint density at radius 2 is 2.24 bits per heavy atom. The predicted octanol–water partition coefficient (Wildman–Crippen LogP) is 1.16. The molecule has 3 atom stereocenters. The molecule has 0 spiro atoms. The normalized spacial score (nSPS) is 26.4. The van der Waals surface area contributed by atoms with Gasteiger partial charge in [-0.3, -0.25) is 4.68 Å². The Morgan fingerprint density at radius 3 is 2.96 bits per heavy atom. The number of nitrogens with zero attached hydrogens (tertiary/aromatic N) is 3. The van der Waals surface area contributed by atoms with Gasteiger partial charge in [0.25, 0.3) is 0 Å². The number of aryl methyl sites for hydroxylation is 1. The van der Waals surface area contributed by atoms with Gasteiger partial charge >= 0.3 is 6.03 Å². The third kappa shape index (κ3) is 5.15. The van der Waals surface area contributed by atoms with Gasteiger partial charge < -0.3 is 20.5 Å². The van der Waals surface area contributed by atoms with E-state index in [1.165, 1.54) is 12.8 Å². The van der Waals surface area contributed by atoms with Crippen LogP contribution in [0.1, 0.15) is 57.1 Å². The number of nitrogens with one attached hydrogen (secondary N) is 2. The van der Waals surface area contributed by atoms with Gasteiger partial charge in [0.15, 0.2) is 0 Å². The first-order valence-electron chi connectivity index (χ1n) is 9.40. The van der Waals surface area contributed by atoms with Crippen LogP contribution in [-0.2, 0) is 11.3 Å². The SMILES string of the molecule is CCCNC(=O)N[C@@H]1CC[C@H](CCn2cc(C3CC3)nn2)O[C@@H]1CO. The van der Waals surface area contributed by atoms with E-state index < -0.39 is 0 Å². The maximum Gasteiger partial charge on any atom is 0.315 e. The molecule has 1 aromatic rings. The number of hydrogen-bond acceptors (Lipinski definition) is 5. The summed E-state index contributed by atoms with van der Waals surface area (Å²) in [6.45, 7) is 3.32. The molecule has 2 fully saturated rings. The lowest BCUT2D eigenvalue weighted by Crippen LogP contribution is -2.53. The van der Waals surface area contributed by atoms with Crippen molar-refractivity contribution in [1.29, 1.82) is 0 Å². The second-order valence-corrected chi connectivity index (χ2v) is 7.03. The molecule has 1 aliphatic carbocycles. The van der Waals surface area contributed by atoms with Crippen molar-refractivity contribution in [3.05, 3.63) is 11.9 Å². The Labute approximate surface area is 148 Å². The molecule has 0 unspecified atom stereocenters. The van der Waals surface area contributed by atoms with E-state index in [0.29, 0.717) is 12.5 Å². The lowest BCUT2D eigenvalue weighted by Gasteiger charge is -2.36. The van der Waals surface area contributed by atoms with Crippen LogP contribution in [0.2, 0.25) is 0 Å². The van der Waals surface area contributed by atoms with E-state index in [1.54, 1.807) is 0 Å². The van der Waals surface area contributed by atoms with Crippen LogP contribution in [0, 0.1) is 0 Å². The Morgan fingerprint density at radius 1 is 1.40 bits per heavy atom. The molecule has 8 nitrogen and oxygen atoms in total. The van der Waals surface area contributed by atoms with E-state index in [1.807, 2.05) is 17.8 Å². The van der Waals surface area contributed by atoms with Crippen molar-refractivity contribution < 1.29 is 14.6 Å². The van der Waals surface area contributed by atoms with E-state index in [-0.39, 0.29) is 30.9 Å². The summed E-state index contributed by atoms with van der Waals surface area (Å²) in [7, 11) is 0. The van der Waals surface area contributed by atoms with Gasteiger partial charge in [0, 0.05) is 25.2 Å². The molecule has 1 aromatic heterocycles. The van der Waals surface area contributed by atoms with E-state index >= 15 is 0 Å². The summed E-state index contributed by atoms with van der Waals surface area (Å²) in [4.78, 5) is 11.8. The molecule has 2 heterocycles. The number of urea groups is 1. The summed E-state index contributed by atoms with van der Waals surface area (Å²) < 4.78 is 7.87. The lowest BCUT2D eigenvalue weighted by atomic mass is 9.97. The highest BCUT2D eigenvalue weighted by Crippen LogP contribution is 2.38. The molecular formula is C17H29N5O3. The van der Waals surface area contributed by atoms with Gasteiger partial charge in [-0.25, -0.2) is 4.79 Å². The maximum absolute atomic E-state index is 11.8. The smallest absolute Gasteiger partial charge is 0.315 e. The molecule has 3 rings (SSSR count). The summed E-state index contributed by atoms with van der Waals surface area (Å²) in [5, 5.41) is 23.7. The van der Waals surface area contributed by atoms with Crippen LogP contribution in [0.4, 0.5) is 4.79 Å². The molecule has 1 saturated carbocycles. The third-order valence-electron chi connectivity index (χ3n) is 4.88. The van der Waals surface area contributed by atoms with Crippen LogP contribution < -0.4 is 10.6 Å². The fraction of sp³-hybridized carbons (Fsp3) is 0.824. The Balaban J connectivity index is 1.43. The zero-order valence-corrected chi connectivity index (χ0v) is 14.9. The number of aromatic nitrogens is 3. The molecule has 0 aromatic carbocycles. The molecule has 0 bridgehead atoms. The van der Waals surface area contributed by atoms with Crippen LogP contribution >= 0.6 is 0 Å². The number of hydrogen-bond donors (Lipinski definition) is 3. The monoisotopic (exact) mass is 351 g/mol. The summed E-state index contributed by atoms with van der Waals surface area (Å²) >= 11 is 0. The van der Waals surface area contributed by atoms with Crippen LogP contribution in [0.25, 0.3) is 0 Å². The minimum atomic E-state index is -0.358. The lowest BCUT2D eigenvalue weighted by molar-refractivity contribution is -0.0907. The fourth-order valence-electron chi connectivity index (χ4n) is 3.23. The van der Waals surface area contributed by atoms with Gasteiger partial charge in [0.2, 0.25) is 0 Å². The number of ether oxygens (including phenoxy) is 1. The molecule has 1 aliphatic heterocycles. The number of carbonyl (C=O) groups excluding carboxylic acids is 1. The topological polar surface area (TPSA) is 101 Å². The van der Waals surface area contributed by atoms with Gasteiger partial charge in [-0.05, 0) is 38.5 Å². The molecule has 140 valence electrons. The van der Waals surface area contributed by atoms with E-state index in [2.05, 4.69) is 20.9 Å². The largest absolute Gasteiger partial charge is 0.394 e. The van der Waals surface area contributed by atoms with E-state index in [9.17, 15) is 9.90 Å². The molecule has 2 aliphatic rings. The molecule has 0 radical (unpaired) electrons. The summed E-state index contributed by atoms with van der Waals surface area (Å²) in [5.74, 6) is 0.615.